The van der Waals surface area contributed by atoms with Crippen molar-refractivity contribution < 1.29 is 4.79 Å². The fourth-order valence-electron chi connectivity index (χ4n) is 2.83. The minimum absolute atomic E-state index is 0.0745. The van der Waals surface area contributed by atoms with E-state index in [1.54, 1.807) is 6.92 Å². The Hall–Kier alpha value is -1.35. The van der Waals surface area contributed by atoms with Gasteiger partial charge in [-0.15, -0.1) is 0 Å². The molecule has 1 aromatic rings. The van der Waals surface area contributed by atoms with E-state index in [4.69, 9.17) is 0 Å². The third-order valence-electron chi connectivity index (χ3n) is 3.83. The highest BCUT2D eigenvalue weighted by molar-refractivity contribution is 5.72. The maximum absolute atomic E-state index is 10.9. The summed E-state index contributed by atoms with van der Waals surface area (Å²) in [6, 6.07) is 11.3. The van der Waals surface area contributed by atoms with Gasteiger partial charge in [0, 0.05) is 26.1 Å². The minimum atomic E-state index is 0.0745. The highest BCUT2D eigenvalue weighted by Gasteiger charge is 2.21. The molecule has 3 nitrogen and oxygen atoms in total. The smallest absolute Gasteiger partial charge is 0.216 e. The Morgan fingerprint density at radius 2 is 2.11 bits per heavy atom. The first-order chi connectivity index (χ1) is 9.25. The summed E-state index contributed by atoms with van der Waals surface area (Å²) in [5.41, 5.74) is 1.38. The Morgan fingerprint density at radius 1 is 1.32 bits per heavy atom. The Labute approximate surface area is 116 Å². The van der Waals surface area contributed by atoms with Gasteiger partial charge in [0.15, 0.2) is 0 Å². The average Bonchev–Trinajstić information content (AvgIpc) is 2.41. The van der Waals surface area contributed by atoms with Gasteiger partial charge in [-0.1, -0.05) is 36.8 Å². The van der Waals surface area contributed by atoms with Crippen molar-refractivity contribution in [3.05, 3.63) is 35.9 Å². The predicted octanol–water partition coefficient (Wildman–Crippen LogP) is 2.57. The zero-order chi connectivity index (χ0) is 13.5. The number of likely N-dealkylation sites (tertiary alicyclic amines) is 1. The molecule has 1 N–H and O–H groups in total. The first kappa shape index (κ1) is 14.1. The van der Waals surface area contributed by atoms with Crippen LogP contribution in [0.4, 0.5) is 0 Å². The lowest BCUT2D eigenvalue weighted by molar-refractivity contribution is -0.119. The molecular weight excluding hydrogens is 236 g/mol. The number of nitrogens with one attached hydrogen (secondary N) is 1. The molecule has 0 aromatic heterocycles. The van der Waals surface area contributed by atoms with Crippen LogP contribution in [0.15, 0.2) is 30.3 Å². The van der Waals surface area contributed by atoms with Crippen molar-refractivity contribution in [1.82, 2.24) is 10.2 Å². The number of amides is 1. The van der Waals surface area contributed by atoms with Gasteiger partial charge in [-0.25, -0.2) is 0 Å². The van der Waals surface area contributed by atoms with Crippen LogP contribution in [-0.4, -0.2) is 29.9 Å². The van der Waals surface area contributed by atoms with Crippen molar-refractivity contribution in [2.75, 3.05) is 13.1 Å². The molecule has 19 heavy (non-hydrogen) atoms. The number of hydrogen-bond donors (Lipinski definition) is 1. The first-order valence-electron chi connectivity index (χ1n) is 7.28. The number of rotatable bonds is 5. The van der Waals surface area contributed by atoms with Gasteiger partial charge in [-0.2, -0.15) is 0 Å². The van der Waals surface area contributed by atoms with Crippen molar-refractivity contribution >= 4 is 5.91 Å². The third kappa shape index (κ3) is 4.67. The minimum Gasteiger partial charge on any atom is -0.356 e. The van der Waals surface area contributed by atoms with Gasteiger partial charge >= 0.3 is 0 Å². The van der Waals surface area contributed by atoms with E-state index in [2.05, 4.69) is 40.5 Å². The van der Waals surface area contributed by atoms with E-state index in [-0.39, 0.29) is 5.91 Å². The van der Waals surface area contributed by atoms with Gasteiger partial charge in [0.05, 0.1) is 0 Å². The summed E-state index contributed by atoms with van der Waals surface area (Å²) in [6.07, 6.45) is 4.93. The number of carbonyl (C=O) groups excluding carboxylic acids is 1. The molecule has 1 aromatic carbocycles. The number of hydrogen-bond acceptors (Lipinski definition) is 2. The predicted molar refractivity (Wildman–Crippen MR) is 77.8 cm³/mol. The van der Waals surface area contributed by atoms with E-state index >= 15 is 0 Å². The normalized spacial score (nSPS) is 20.2. The van der Waals surface area contributed by atoms with E-state index in [0.29, 0.717) is 6.04 Å². The van der Waals surface area contributed by atoms with Gasteiger partial charge in [-0.05, 0) is 31.4 Å². The zero-order valence-corrected chi connectivity index (χ0v) is 11.8. The summed E-state index contributed by atoms with van der Waals surface area (Å²) in [7, 11) is 0. The lowest BCUT2D eigenvalue weighted by Crippen LogP contribution is -2.41. The molecule has 1 fully saturated rings. The van der Waals surface area contributed by atoms with Crippen molar-refractivity contribution in [2.45, 2.75) is 45.2 Å². The van der Waals surface area contributed by atoms with Gasteiger partial charge < -0.3 is 5.32 Å². The maximum Gasteiger partial charge on any atom is 0.216 e. The van der Waals surface area contributed by atoms with Crippen LogP contribution in [0, 0.1) is 0 Å². The molecule has 1 amide bonds. The second-order valence-corrected chi connectivity index (χ2v) is 5.38. The van der Waals surface area contributed by atoms with Crippen LogP contribution < -0.4 is 5.32 Å². The Kier molecular flexibility index (Phi) is 5.40. The van der Waals surface area contributed by atoms with Crippen LogP contribution in [0.3, 0.4) is 0 Å². The van der Waals surface area contributed by atoms with Crippen LogP contribution >= 0.6 is 0 Å². The van der Waals surface area contributed by atoms with E-state index in [1.165, 1.54) is 31.4 Å². The standard InChI is InChI=1S/C16H24N2O/c1-14(19)17-11-10-16-9-5-6-12-18(16)13-15-7-3-2-4-8-15/h2-4,7-8,16H,5-6,9-13H2,1H3,(H,17,19). The van der Waals surface area contributed by atoms with Crippen LogP contribution in [-0.2, 0) is 11.3 Å². The van der Waals surface area contributed by atoms with Crippen molar-refractivity contribution in [3.63, 3.8) is 0 Å². The summed E-state index contributed by atoms with van der Waals surface area (Å²) in [4.78, 5) is 13.5. The number of nitrogens with zero attached hydrogens (tertiary/aromatic N) is 1. The lowest BCUT2D eigenvalue weighted by atomic mass is 9.98. The van der Waals surface area contributed by atoms with Gasteiger partial charge in [0.1, 0.15) is 0 Å². The monoisotopic (exact) mass is 260 g/mol. The van der Waals surface area contributed by atoms with Crippen LogP contribution in [0.25, 0.3) is 0 Å². The molecule has 0 aliphatic carbocycles. The number of carbonyl (C=O) groups is 1. The van der Waals surface area contributed by atoms with E-state index in [0.717, 1.165) is 19.5 Å². The molecule has 1 aliphatic heterocycles. The summed E-state index contributed by atoms with van der Waals surface area (Å²) in [6.45, 7) is 4.60. The number of benzene rings is 1. The lowest BCUT2D eigenvalue weighted by Gasteiger charge is -2.36. The molecule has 2 rings (SSSR count). The molecule has 1 aliphatic rings. The largest absolute Gasteiger partial charge is 0.356 e. The highest BCUT2D eigenvalue weighted by Crippen LogP contribution is 2.21. The summed E-state index contributed by atoms with van der Waals surface area (Å²) < 4.78 is 0. The topological polar surface area (TPSA) is 32.3 Å². The highest BCUT2D eigenvalue weighted by atomic mass is 16.1. The first-order valence-corrected chi connectivity index (χ1v) is 7.28. The Bertz CT molecular complexity index is 391. The molecule has 3 heteroatoms. The fourth-order valence-corrected chi connectivity index (χ4v) is 2.83. The molecule has 104 valence electrons. The molecular formula is C16H24N2O. The van der Waals surface area contributed by atoms with E-state index < -0.39 is 0 Å². The summed E-state index contributed by atoms with van der Waals surface area (Å²) in [5.74, 6) is 0.0745. The fraction of sp³-hybridized carbons (Fsp3) is 0.562. The Morgan fingerprint density at radius 3 is 2.84 bits per heavy atom. The Balaban J connectivity index is 1.86. The molecule has 0 bridgehead atoms. The van der Waals surface area contributed by atoms with Crippen molar-refractivity contribution in [2.24, 2.45) is 0 Å². The van der Waals surface area contributed by atoms with Crippen LogP contribution in [0.2, 0.25) is 0 Å². The average molecular weight is 260 g/mol. The molecule has 0 spiro atoms. The maximum atomic E-state index is 10.9. The SMILES string of the molecule is CC(=O)NCCC1CCCCN1Cc1ccccc1. The zero-order valence-electron chi connectivity index (χ0n) is 11.8. The molecule has 0 saturated carbocycles. The van der Waals surface area contributed by atoms with Crippen molar-refractivity contribution in [1.29, 1.82) is 0 Å². The van der Waals surface area contributed by atoms with Gasteiger partial charge in [0.25, 0.3) is 0 Å². The molecule has 1 atom stereocenters. The molecule has 1 heterocycles. The van der Waals surface area contributed by atoms with E-state index in [9.17, 15) is 4.79 Å². The molecule has 1 saturated heterocycles. The third-order valence-corrected chi connectivity index (χ3v) is 3.83. The summed E-state index contributed by atoms with van der Waals surface area (Å²) in [5, 5.41) is 2.91. The van der Waals surface area contributed by atoms with Gasteiger partial charge in [0.2, 0.25) is 5.91 Å². The van der Waals surface area contributed by atoms with Crippen molar-refractivity contribution in [3.8, 4) is 0 Å². The number of piperidine rings is 1. The summed E-state index contributed by atoms with van der Waals surface area (Å²) >= 11 is 0. The second-order valence-electron chi connectivity index (χ2n) is 5.38. The van der Waals surface area contributed by atoms with Crippen LogP contribution in [0.5, 0.6) is 0 Å². The quantitative estimate of drug-likeness (QED) is 0.882. The second kappa shape index (κ2) is 7.29. The molecule has 0 radical (unpaired) electrons. The molecule has 1 unspecified atom stereocenters. The van der Waals surface area contributed by atoms with Gasteiger partial charge in [-0.3, -0.25) is 9.69 Å². The van der Waals surface area contributed by atoms with E-state index in [1.807, 2.05) is 0 Å². The van der Waals surface area contributed by atoms with Crippen LogP contribution in [0.1, 0.15) is 38.2 Å².